The first kappa shape index (κ1) is 10.8. The molecule has 3 N–H and O–H groups in total. The number of hydrogen-bond donors (Lipinski definition) is 3. The van der Waals surface area contributed by atoms with E-state index in [1.54, 1.807) is 0 Å². The molecule has 0 radical (unpaired) electrons. The molecule has 0 aromatic rings. The average Bonchev–Trinajstić information content (AvgIpc) is 1.25. The molecule has 0 aliphatic rings. The van der Waals surface area contributed by atoms with Gasteiger partial charge >= 0.3 is 16.5 Å². The summed E-state index contributed by atoms with van der Waals surface area (Å²) >= 11 is 0.293. The third kappa shape index (κ3) is 10200. The van der Waals surface area contributed by atoms with E-state index in [9.17, 15) is 0 Å². The molecule has 48 valence electrons. The molecule has 0 aromatic carbocycles. The normalized spacial score (nSPS) is 7.50. The van der Waals surface area contributed by atoms with Crippen LogP contribution >= 0.6 is 0 Å². The van der Waals surface area contributed by atoms with E-state index in [-0.39, 0.29) is 4.21 Å². The fourth-order valence-electron chi connectivity index (χ4n) is 0. The molecular weight excluding hydrogens is 129 g/mol. The van der Waals surface area contributed by atoms with Crippen LogP contribution in [0.2, 0.25) is 0 Å². The lowest BCUT2D eigenvalue weighted by Gasteiger charge is -1.89. The van der Waals surface area contributed by atoms with Crippen molar-refractivity contribution in [3.05, 3.63) is 0 Å². The van der Waals surface area contributed by atoms with Crippen LogP contribution in [0.25, 0.3) is 0 Å². The Morgan fingerprint density at radius 1 is 1.62 bits per heavy atom. The molecule has 0 saturated carbocycles. The van der Waals surface area contributed by atoms with Crippen LogP contribution in [0.5, 0.6) is 0 Å². The van der Waals surface area contributed by atoms with Crippen LogP contribution in [0.15, 0.2) is 0 Å². The van der Waals surface area contributed by atoms with Crippen LogP contribution < -0.4 is 0 Å². The average molecular weight is 137 g/mol. The summed E-state index contributed by atoms with van der Waals surface area (Å²) in [4.78, 5) is 9.00. The zero-order valence-electron chi connectivity index (χ0n) is 4.70. The summed E-state index contributed by atoms with van der Waals surface area (Å²) in [7, 11) is 0. The van der Waals surface area contributed by atoms with Crippen molar-refractivity contribution in [3.63, 3.8) is 0 Å². The van der Waals surface area contributed by atoms with Gasteiger partial charge in [0.2, 0.25) is 0 Å². The standard InChI is InChI=1S/C2H4O2.Al.H2NO2.2H/c1-2(3)4;;2-1-3;;/h1H3,(H,3,4);;2-3H;;/q;+1;-1;;. The van der Waals surface area contributed by atoms with Gasteiger partial charge in [0.1, 0.15) is 0 Å². The maximum atomic E-state index is 9.00. The second kappa shape index (κ2) is 6.88. The smallest absolute Gasteiger partial charge is 0.410 e. The van der Waals surface area contributed by atoms with Crippen LogP contribution in [-0.4, -0.2) is 42.2 Å². The summed E-state index contributed by atoms with van der Waals surface area (Å²) in [6.07, 6.45) is 0. The van der Waals surface area contributed by atoms with E-state index in [4.69, 9.17) is 20.3 Å². The van der Waals surface area contributed by atoms with Crippen molar-refractivity contribution in [2.24, 2.45) is 0 Å². The minimum atomic E-state index is -0.833. The van der Waals surface area contributed by atoms with Gasteiger partial charge in [-0.1, -0.05) is 0 Å². The Hall–Kier alpha value is -0.118. The lowest BCUT2D eigenvalue weighted by molar-refractivity contribution is -0.228. The number of aliphatic carboxylic acids is 1. The fourth-order valence-corrected chi connectivity index (χ4v) is 0. The van der Waals surface area contributed by atoms with Gasteiger partial charge < -0.3 is 15.5 Å². The minimum Gasteiger partial charge on any atom is -0.481 e. The topological polar surface area (TPSA) is 81.0 Å². The van der Waals surface area contributed by atoms with Crippen LogP contribution in [0.1, 0.15) is 6.92 Å². The molecule has 0 amide bonds. The Balaban J connectivity index is 0. The SMILES string of the molecule is CC(=O)O.O[N](O)[AlH2]. The molecule has 0 aromatic heterocycles. The molecule has 0 aliphatic heterocycles. The van der Waals surface area contributed by atoms with Gasteiger partial charge in [0, 0.05) is 6.92 Å². The van der Waals surface area contributed by atoms with Crippen LogP contribution in [0.4, 0.5) is 0 Å². The molecule has 5 nitrogen and oxygen atoms in total. The molecule has 0 rings (SSSR count). The zero-order valence-corrected chi connectivity index (χ0v) is 6.70. The summed E-state index contributed by atoms with van der Waals surface area (Å²) in [5.41, 5.74) is 0. The zero-order chi connectivity index (χ0) is 7.15. The van der Waals surface area contributed by atoms with E-state index in [0.29, 0.717) is 16.5 Å². The number of carboxylic acid groups (broad SMARTS) is 1. The quantitative estimate of drug-likeness (QED) is 0.286. The molecule has 6 heteroatoms. The third-order valence-electron chi connectivity index (χ3n) is 0. The molecule has 0 bridgehead atoms. The van der Waals surface area contributed by atoms with E-state index < -0.39 is 5.97 Å². The van der Waals surface area contributed by atoms with Crippen molar-refractivity contribution >= 4 is 22.5 Å². The van der Waals surface area contributed by atoms with E-state index >= 15 is 0 Å². The largest absolute Gasteiger partial charge is 0.481 e. The molecule has 0 spiro atoms. The maximum Gasteiger partial charge on any atom is 0.410 e. The predicted molar refractivity (Wildman–Crippen MR) is 27.3 cm³/mol. The highest BCUT2D eigenvalue weighted by Gasteiger charge is 1.65. The summed E-state index contributed by atoms with van der Waals surface area (Å²) < 4.78 is 0.139. The Morgan fingerprint density at radius 3 is 1.62 bits per heavy atom. The number of carbonyl (C=O) groups is 1. The highest BCUT2D eigenvalue weighted by atomic mass is 27.1. The molecule has 0 atom stereocenters. The minimum absolute atomic E-state index is 0.139. The van der Waals surface area contributed by atoms with Gasteiger partial charge in [0.15, 0.2) is 0 Å². The highest BCUT2D eigenvalue weighted by molar-refractivity contribution is 6.02. The summed E-state index contributed by atoms with van der Waals surface area (Å²) in [6.45, 7) is 1.08. The van der Waals surface area contributed by atoms with E-state index in [0.717, 1.165) is 6.92 Å². The maximum absolute atomic E-state index is 9.00. The van der Waals surface area contributed by atoms with Gasteiger partial charge in [0.05, 0.1) is 0 Å². The number of nitrogens with zero attached hydrogens (tertiary/aromatic N) is 1. The van der Waals surface area contributed by atoms with Crippen molar-refractivity contribution in [3.8, 4) is 0 Å². The van der Waals surface area contributed by atoms with E-state index in [2.05, 4.69) is 0 Å². The van der Waals surface area contributed by atoms with Gasteiger partial charge in [-0.05, 0) is 0 Å². The highest BCUT2D eigenvalue weighted by Crippen LogP contribution is 1.42. The summed E-state index contributed by atoms with van der Waals surface area (Å²) in [6, 6.07) is 0. The Labute approximate surface area is 54.7 Å². The van der Waals surface area contributed by atoms with Gasteiger partial charge in [-0.25, -0.2) is 0 Å². The van der Waals surface area contributed by atoms with Gasteiger partial charge in [-0.2, -0.15) is 4.21 Å². The van der Waals surface area contributed by atoms with Gasteiger partial charge in [0.25, 0.3) is 5.97 Å². The molecule has 0 heterocycles. The van der Waals surface area contributed by atoms with Crippen LogP contribution in [0.3, 0.4) is 0 Å². The first-order valence-corrected chi connectivity index (χ1v) is 2.67. The van der Waals surface area contributed by atoms with Crippen molar-refractivity contribution in [1.29, 1.82) is 0 Å². The lowest BCUT2D eigenvalue weighted by Crippen LogP contribution is -2.05. The van der Waals surface area contributed by atoms with Gasteiger partial charge in [-0.15, -0.1) is 0 Å². The number of hydrogen-bond acceptors (Lipinski definition) is 4. The second-order valence-corrected chi connectivity index (χ2v) is 1.81. The Kier molecular flexibility index (Phi) is 9.28. The second-order valence-electron chi connectivity index (χ2n) is 1.01. The van der Waals surface area contributed by atoms with Crippen LogP contribution in [-0.2, 0) is 4.79 Å². The third-order valence-corrected chi connectivity index (χ3v) is 0. The molecule has 0 saturated heterocycles. The Bertz CT molecular complexity index is 58.3. The monoisotopic (exact) mass is 137 g/mol. The summed E-state index contributed by atoms with van der Waals surface area (Å²) in [5.74, 6) is -0.833. The summed E-state index contributed by atoms with van der Waals surface area (Å²) in [5, 5.41) is 22.4. The molecule has 0 unspecified atom stereocenters. The molecule has 0 fully saturated rings. The number of carboxylic acids is 1. The van der Waals surface area contributed by atoms with Crippen molar-refractivity contribution in [2.45, 2.75) is 6.92 Å². The molecule has 0 aliphatic carbocycles. The van der Waals surface area contributed by atoms with Crippen molar-refractivity contribution in [1.82, 2.24) is 4.21 Å². The van der Waals surface area contributed by atoms with E-state index in [1.807, 2.05) is 0 Å². The first-order chi connectivity index (χ1) is 3.46. The molecular formula is C2H8AlNO4. The fraction of sp³-hybridized carbons (Fsp3) is 0.500. The van der Waals surface area contributed by atoms with Gasteiger partial charge in [-0.3, -0.25) is 4.79 Å². The number of rotatable bonds is 0. The van der Waals surface area contributed by atoms with Crippen LogP contribution in [0, 0.1) is 0 Å². The van der Waals surface area contributed by atoms with Crippen molar-refractivity contribution in [2.75, 3.05) is 0 Å². The lowest BCUT2D eigenvalue weighted by atomic mass is 10.9. The van der Waals surface area contributed by atoms with Crippen molar-refractivity contribution < 1.29 is 20.3 Å². The predicted octanol–water partition coefficient (Wildman–Crippen LogP) is -1.29. The first-order valence-electron chi connectivity index (χ1n) is 1.77. The van der Waals surface area contributed by atoms with E-state index in [1.165, 1.54) is 0 Å². The Morgan fingerprint density at radius 2 is 1.62 bits per heavy atom. The molecule has 8 heavy (non-hydrogen) atoms.